The van der Waals surface area contributed by atoms with Gasteiger partial charge in [-0.15, -0.1) is 0 Å². The number of rotatable bonds is 3. The summed E-state index contributed by atoms with van der Waals surface area (Å²) in [5.41, 5.74) is 0. The van der Waals surface area contributed by atoms with Crippen molar-refractivity contribution in [3.8, 4) is 0 Å². The summed E-state index contributed by atoms with van der Waals surface area (Å²) in [7, 11) is 0. The number of likely N-dealkylation sites (tertiary alicyclic amines) is 1. The third kappa shape index (κ3) is 2.60. The fourth-order valence-corrected chi connectivity index (χ4v) is 2.49. The molecule has 0 aromatic carbocycles. The summed E-state index contributed by atoms with van der Waals surface area (Å²) in [6.45, 7) is 3.84. The molecule has 0 saturated carbocycles. The third-order valence-corrected chi connectivity index (χ3v) is 3.93. The lowest BCUT2D eigenvalue weighted by Crippen LogP contribution is -2.59. The van der Waals surface area contributed by atoms with E-state index in [2.05, 4.69) is 5.32 Å². The Hall–Kier alpha value is -1.10. The Kier molecular flexibility index (Phi) is 3.66. The van der Waals surface area contributed by atoms with Crippen molar-refractivity contribution in [2.24, 2.45) is 11.8 Å². The highest BCUT2D eigenvalue weighted by Crippen LogP contribution is 2.25. The average molecular weight is 240 g/mol. The molecule has 0 aromatic rings. The quantitative estimate of drug-likeness (QED) is 0.745. The Balaban J connectivity index is 1.78. The molecule has 2 fully saturated rings. The largest absolute Gasteiger partial charge is 0.481 e. The molecule has 2 unspecified atom stereocenters. The van der Waals surface area contributed by atoms with E-state index in [1.54, 1.807) is 11.8 Å². The van der Waals surface area contributed by atoms with Gasteiger partial charge in [0.2, 0.25) is 5.91 Å². The Morgan fingerprint density at radius 2 is 2.06 bits per heavy atom. The molecule has 1 amide bonds. The van der Waals surface area contributed by atoms with E-state index >= 15 is 0 Å². The molecule has 17 heavy (non-hydrogen) atoms. The van der Waals surface area contributed by atoms with Gasteiger partial charge >= 0.3 is 5.97 Å². The van der Waals surface area contributed by atoms with E-state index in [9.17, 15) is 9.59 Å². The van der Waals surface area contributed by atoms with Gasteiger partial charge in [-0.2, -0.15) is 0 Å². The smallest absolute Gasteiger partial charge is 0.306 e. The van der Waals surface area contributed by atoms with Crippen LogP contribution in [0, 0.1) is 11.8 Å². The highest BCUT2D eigenvalue weighted by atomic mass is 16.4. The van der Waals surface area contributed by atoms with Crippen molar-refractivity contribution in [1.82, 2.24) is 10.2 Å². The molecular formula is C12H20N2O3. The summed E-state index contributed by atoms with van der Waals surface area (Å²) in [4.78, 5) is 24.6. The van der Waals surface area contributed by atoms with Gasteiger partial charge in [-0.1, -0.05) is 13.3 Å². The van der Waals surface area contributed by atoms with E-state index in [-0.39, 0.29) is 23.8 Å². The summed E-state index contributed by atoms with van der Waals surface area (Å²) in [5.74, 6) is -0.838. The second-order valence-corrected chi connectivity index (χ2v) is 5.13. The molecule has 0 radical (unpaired) electrons. The van der Waals surface area contributed by atoms with Crippen LogP contribution in [0.15, 0.2) is 0 Å². The molecule has 5 heteroatoms. The van der Waals surface area contributed by atoms with Gasteiger partial charge in [-0.05, 0) is 19.4 Å². The number of nitrogens with one attached hydrogen (secondary N) is 1. The van der Waals surface area contributed by atoms with Crippen LogP contribution < -0.4 is 5.32 Å². The van der Waals surface area contributed by atoms with Gasteiger partial charge in [0.1, 0.15) is 0 Å². The molecule has 2 saturated heterocycles. The SMILES string of the molecule is CC(C(=O)O)C1CN(C(=O)C2CCCCN2)C1. The van der Waals surface area contributed by atoms with Crippen LogP contribution in [0.4, 0.5) is 0 Å². The summed E-state index contributed by atoms with van der Waals surface area (Å²) in [6, 6.07) is -0.0372. The number of piperidine rings is 1. The summed E-state index contributed by atoms with van der Waals surface area (Å²) < 4.78 is 0. The lowest BCUT2D eigenvalue weighted by Gasteiger charge is -2.43. The second kappa shape index (κ2) is 5.04. The molecule has 2 heterocycles. The molecule has 0 bridgehead atoms. The molecule has 2 rings (SSSR count). The van der Waals surface area contributed by atoms with Crippen molar-refractivity contribution < 1.29 is 14.7 Å². The van der Waals surface area contributed by atoms with Gasteiger partial charge in [0, 0.05) is 19.0 Å². The van der Waals surface area contributed by atoms with Crippen LogP contribution in [0.5, 0.6) is 0 Å². The molecule has 2 N–H and O–H groups in total. The monoisotopic (exact) mass is 240 g/mol. The van der Waals surface area contributed by atoms with Crippen molar-refractivity contribution in [2.75, 3.05) is 19.6 Å². The molecule has 0 aliphatic carbocycles. The van der Waals surface area contributed by atoms with E-state index in [1.807, 2.05) is 0 Å². The van der Waals surface area contributed by atoms with Crippen molar-refractivity contribution in [3.05, 3.63) is 0 Å². The molecule has 0 spiro atoms. The van der Waals surface area contributed by atoms with Crippen LogP contribution in [0.1, 0.15) is 26.2 Å². The van der Waals surface area contributed by atoms with Crippen LogP contribution in [0.3, 0.4) is 0 Å². The third-order valence-electron chi connectivity index (χ3n) is 3.93. The van der Waals surface area contributed by atoms with Gasteiger partial charge in [-0.25, -0.2) is 0 Å². The minimum atomic E-state index is -0.766. The number of carbonyl (C=O) groups excluding carboxylic acids is 1. The van der Waals surface area contributed by atoms with Crippen LogP contribution in [0.2, 0.25) is 0 Å². The Morgan fingerprint density at radius 3 is 2.59 bits per heavy atom. The average Bonchev–Trinajstić information content (AvgIpc) is 2.27. The van der Waals surface area contributed by atoms with Gasteiger partial charge in [0.05, 0.1) is 12.0 Å². The van der Waals surface area contributed by atoms with Crippen molar-refractivity contribution >= 4 is 11.9 Å². The van der Waals surface area contributed by atoms with Crippen molar-refractivity contribution in [3.63, 3.8) is 0 Å². The summed E-state index contributed by atoms with van der Waals surface area (Å²) in [5, 5.41) is 12.1. The van der Waals surface area contributed by atoms with Gasteiger partial charge < -0.3 is 15.3 Å². The summed E-state index contributed by atoms with van der Waals surface area (Å²) >= 11 is 0. The fraction of sp³-hybridized carbons (Fsp3) is 0.833. The first-order valence-corrected chi connectivity index (χ1v) is 6.34. The van der Waals surface area contributed by atoms with Crippen LogP contribution in [-0.4, -0.2) is 47.6 Å². The van der Waals surface area contributed by atoms with E-state index in [1.165, 1.54) is 0 Å². The minimum Gasteiger partial charge on any atom is -0.481 e. The number of aliphatic carboxylic acids is 1. The first-order valence-electron chi connectivity index (χ1n) is 6.34. The zero-order chi connectivity index (χ0) is 12.4. The molecule has 2 aliphatic rings. The Morgan fingerprint density at radius 1 is 1.35 bits per heavy atom. The van der Waals surface area contributed by atoms with Crippen molar-refractivity contribution in [2.45, 2.75) is 32.2 Å². The predicted molar refractivity (Wildman–Crippen MR) is 62.5 cm³/mol. The molecule has 2 atom stereocenters. The van der Waals surface area contributed by atoms with Crippen molar-refractivity contribution in [1.29, 1.82) is 0 Å². The maximum Gasteiger partial charge on any atom is 0.306 e. The Labute approximate surface area is 101 Å². The van der Waals surface area contributed by atoms with Gasteiger partial charge in [0.25, 0.3) is 0 Å². The summed E-state index contributed by atoms with van der Waals surface area (Å²) in [6.07, 6.45) is 3.16. The highest BCUT2D eigenvalue weighted by molar-refractivity contribution is 5.83. The van der Waals surface area contributed by atoms with Crippen LogP contribution in [0.25, 0.3) is 0 Å². The normalized spacial score (nSPS) is 27.4. The molecule has 2 aliphatic heterocycles. The maximum absolute atomic E-state index is 12.0. The van der Waals surface area contributed by atoms with E-state index in [0.717, 1.165) is 25.8 Å². The number of amides is 1. The predicted octanol–water partition coefficient (Wildman–Crippen LogP) is 0.308. The number of nitrogens with zero attached hydrogens (tertiary/aromatic N) is 1. The number of carboxylic acids is 1. The zero-order valence-electron chi connectivity index (χ0n) is 10.2. The Bertz CT molecular complexity index is 307. The molecule has 5 nitrogen and oxygen atoms in total. The number of hydrogen-bond donors (Lipinski definition) is 2. The molecule has 96 valence electrons. The van der Waals surface area contributed by atoms with E-state index in [4.69, 9.17) is 5.11 Å². The highest BCUT2D eigenvalue weighted by Gasteiger charge is 2.39. The van der Waals surface area contributed by atoms with Crippen LogP contribution >= 0.6 is 0 Å². The zero-order valence-corrected chi connectivity index (χ0v) is 10.2. The second-order valence-electron chi connectivity index (χ2n) is 5.13. The lowest BCUT2D eigenvalue weighted by molar-refractivity contribution is -0.151. The fourth-order valence-electron chi connectivity index (χ4n) is 2.49. The topological polar surface area (TPSA) is 69.6 Å². The van der Waals surface area contributed by atoms with Gasteiger partial charge in [0.15, 0.2) is 0 Å². The number of carboxylic acid groups (broad SMARTS) is 1. The molecule has 0 aromatic heterocycles. The maximum atomic E-state index is 12.0. The standard InChI is InChI=1S/C12H20N2O3/c1-8(12(16)17)9-6-14(7-9)11(15)10-4-2-3-5-13-10/h8-10,13H,2-7H2,1H3,(H,16,17). The van der Waals surface area contributed by atoms with E-state index < -0.39 is 5.97 Å². The number of carbonyl (C=O) groups is 2. The lowest BCUT2D eigenvalue weighted by atomic mass is 9.86. The first kappa shape index (κ1) is 12.4. The van der Waals surface area contributed by atoms with Gasteiger partial charge in [-0.3, -0.25) is 9.59 Å². The number of hydrogen-bond acceptors (Lipinski definition) is 3. The van der Waals surface area contributed by atoms with Crippen LogP contribution in [-0.2, 0) is 9.59 Å². The first-order chi connectivity index (χ1) is 8.09. The molecular weight excluding hydrogens is 220 g/mol. The van der Waals surface area contributed by atoms with E-state index in [0.29, 0.717) is 13.1 Å². The minimum absolute atomic E-state index is 0.0372.